The third-order valence-electron chi connectivity index (χ3n) is 3.97. The highest BCUT2D eigenvalue weighted by Gasteiger charge is 2.18. The number of halogens is 3. The maximum absolute atomic E-state index is 6.23. The molecule has 0 N–H and O–H groups in total. The molecule has 0 aliphatic rings. The first-order valence-electron chi connectivity index (χ1n) is 8.09. The smallest absolute Gasteiger partial charge is 0.180 e. The van der Waals surface area contributed by atoms with E-state index in [4.69, 9.17) is 32.9 Å². The average molecular weight is 506 g/mol. The van der Waals surface area contributed by atoms with Crippen molar-refractivity contribution in [2.75, 3.05) is 21.1 Å². The molecule has 0 saturated heterocycles. The Morgan fingerprint density at radius 3 is 2.35 bits per heavy atom. The van der Waals surface area contributed by atoms with Gasteiger partial charge in [-0.2, -0.15) is 0 Å². The largest absolute Gasteiger partial charge is 1.00 e. The molecule has 1 aromatic carbocycles. The number of aryl methyl sites for hydroxylation is 1. The van der Waals surface area contributed by atoms with Gasteiger partial charge in [-0.1, -0.05) is 29.3 Å². The molecule has 0 atom stereocenters. The predicted molar refractivity (Wildman–Crippen MR) is 102 cm³/mol. The lowest BCUT2D eigenvalue weighted by Gasteiger charge is -2.23. The van der Waals surface area contributed by atoms with Crippen molar-refractivity contribution in [2.24, 2.45) is 0 Å². The number of fused-ring (bicyclic) bond motifs is 1. The summed E-state index contributed by atoms with van der Waals surface area (Å²) in [6.45, 7) is 3.22. The highest BCUT2D eigenvalue weighted by molar-refractivity contribution is 6.35. The van der Waals surface area contributed by atoms with Gasteiger partial charge in [-0.25, -0.2) is 4.98 Å². The summed E-state index contributed by atoms with van der Waals surface area (Å²) in [5, 5.41) is 1.20. The van der Waals surface area contributed by atoms with Gasteiger partial charge in [0, 0.05) is 21.8 Å². The number of pyridine rings is 1. The fourth-order valence-corrected chi connectivity index (χ4v) is 3.28. The molecule has 2 aromatic heterocycles. The molecule has 0 aliphatic heterocycles. The lowest BCUT2D eigenvalue weighted by molar-refractivity contribution is -0.884. The summed E-state index contributed by atoms with van der Waals surface area (Å²) in [5.41, 5.74) is 3.79. The second-order valence-corrected chi connectivity index (χ2v) is 7.96. The van der Waals surface area contributed by atoms with Gasteiger partial charge in [0.25, 0.3) is 0 Å². The number of imidazole rings is 1. The second kappa shape index (κ2) is 8.33. The molecular weight excluding hydrogens is 484 g/mol. The van der Waals surface area contributed by atoms with Gasteiger partial charge < -0.3 is 33.2 Å². The molecule has 3 aromatic rings. The minimum Gasteiger partial charge on any atom is -1.00 e. The number of nitrogens with zero attached hydrogens (tertiary/aromatic N) is 3. The number of hydrogen-bond acceptors (Lipinski definition) is 2. The van der Waals surface area contributed by atoms with E-state index in [2.05, 4.69) is 25.5 Å². The van der Waals surface area contributed by atoms with Crippen molar-refractivity contribution in [2.45, 2.75) is 20.1 Å². The molecular formula is C19H22Cl2IN3O. The van der Waals surface area contributed by atoms with E-state index in [-0.39, 0.29) is 24.0 Å². The number of benzene rings is 1. The van der Waals surface area contributed by atoms with Crippen molar-refractivity contribution in [3.63, 3.8) is 0 Å². The fraction of sp³-hybridized carbons (Fsp3) is 0.316. The number of quaternary nitrogens is 1. The van der Waals surface area contributed by atoms with E-state index in [0.717, 1.165) is 27.9 Å². The molecule has 0 bridgehead atoms. The van der Waals surface area contributed by atoms with Crippen LogP contribution < -0.4 is 28.7 Å². The summed E-state index contributed by atoms with van der Waals surface area (Å²) < 4.78 is 8.94. The van der Waals surface area contributed by atoms with Gasteiger partial charge in [0.15, 0.2) is 11.4 Å². The normalized spacial score (nSPS) is 11.5. The van der Waals surface area contributed by atoms with E-state index in [1.807, 2.05) is 43.5 Å². The molecule has 0 unspecified atom stereocenters. The molecule has 0 aliphatic carbocycles. The zero-order valence-electron chi connectivity index (χ0n) is 15.3. The van der Waals surface area contributed by atoms with Crippen LogP contribution in [0.2, 0.25) is 10.0 Å². The maximum atomic E-state index is 6.23. The summed E-state index contributed by atoms with van der Waals surface area (Å²) in [6.07, 6.45) is 2.02. The standard InChI is InChI=1S/C19H22Cl2N3O.HI/c1-13-17(11-24(2,3)4)23-10-6-9-18(19(23)22-13)25-12-14-15(20)7-5-8-16(14)21;/h5-10H,11-12H2,1-4H3;1H/q+1;/p-1. The highest BCUT2D eigenvalue weighted by atomic mass is 127. The van der Waals surface area contributed by atoms with Crippen LogP contribution in [-0.4, -0.2) is 35.0 Å². The van der Waals surface area contributed by atoms with E-state index in [0.29, 0.717) is 22.4 Å². The number of hydrogen-bond donors (Lipinski definition) is 0. The molecule has 3 rings (SSSR count). The third-order valence-corrected chi connectivity index (χ3v) is 4.68. The molecule has 140 valence electrons. The van der Waals surface area contributed by atoms with E-state index >= 15 is 0 Å². The molecule has 0 spiro atoms. The van der Waals surface area contributed by atoms with E-state index < -0.39 is 0 Å². The zero-order chi connectivity index (χ0) is 18.2. The molecule has 4 nitrogen and oxygen atoms in total. The Bertz CT molecular complexity index is 899. The first kappa shape index (κ1) is 21.3. The molecule has 0 radical (unpaired) electrons. The van der Waals surface area contributed by atoms with Crippen LogP contribution in [0.1, 0.15) is 17.0 Å². The summed E-state index contributed by atoms with van der Waals surface area (Å²) >= 11 is 12.5. The first-order valence-corrected chi connectivity index (χ1v) is 8.84. The molecule has 0 saturated carbocycles. The Kier molecular flexibility index (Phi) is 6.82. The lowest BCUT2D eigenvalue weighted by Crippen LogP contribution is -3.00. The molecule has 0 amide bonds. The van der Waals surface area contributed by atoms with Crippen molar-refractivity contribution in [1.29, 1.82) is 0 Å². The van der Waals surface area contributed by atoms with Gasteiger partial charge in [0.05, 0.1) is 26.8 Å². The summed E-state index contributed by atoms with van der Waals surface area (Å²) in [7, 11) is 6.50. The van der Waals surface area contributed by atoms with E-state index in [1.54, 1.807) is 0 Å². The Morgan fingerprint density at radius 2 is 1.73 bits per heavy atom. The van der Waals surface area contributed by atoms with Gasteiger partial charge in [-0.15, -0.1) is 0 Å². The molecule has 2 heterocycles. The molecule has 26 heavy (non-hydrogen) atoms. The zero-order valence-corrected chi connectivity index (χ0v) is 18.9. The van der Waals surface area contributed by atoms with Crippen molar-refractivity contribution in [3.05, 3.63) is 63.5 Å². The number of aromatic nitrogens is 2. The molecule has 0 fully saturated rings. The lowest BCUT2D eigenvalue weighted by atomic mass is 10.2. The van der Waals surface area contributed by atoms with Crippen LogP contribution in [0.5, 0.6) is 5.75 Å². The SMILES string of the molecule is Cc1nc2c(OCc3c(Cl)cccc3Cl)cccn2c1C[N+](C)(C)C.[I-]. The Labute approximate surface area is 181 Å². The first-order chi connectivity index (χ1) is 11.8. The van der Waals surface area contributed by atoms with Crippen molar-refractivity contribution < 1.29 is 33.2 Å². The molecule has 7 heteroatoms. The van der Waals surface area contributed by atoms with Gasteiger partial charge in [-0.3, -0.25) is 4.40 Å². The van der Waals surface area contributed by atoms with Crippen LogP contribution in [-0.2, 0) is 13.2 Å². The van der Waals surface area contributed by atoms with Crippen LogP contribution in [0, 0.1) is 6.92 Å². The van der Waals surface area contributed by atoms with Crippen LogP contribution in [0.25, 0.3) is 5.65 Å². The van der Waals surface area contributed by atoms with Crippen molar-refractivity contribution in [3.8, 4) is 5.75 Å². The number of ether oxygens (including phenoxy) is 1. The van der Waals surface area contributed by atoms with Crippen LogP contribution in [0.4, 0.5) is 0 Å². The van der Waals surface area contributed by atoms with Crippen molar-refractivity contribution >= 4 is 28.8 Å². The van der Waals surface area contributed by atoms with Crippen LogP contribution >= 0.6 is 23.2 Å². The van der Waals surface area contributed by atoms with Gasteiger partial charge in [-0.05, 0) is 31.2 Å². The van der Waals surface area contributed by atoms with Crippen LogP contribution in [0.3, 0.4) is 0 Å². The maximum Gasteiger partial charge on any atom is 0.180 e. The van der Waals surface area contributed by atoms with Crippen LogP contribution in [0.15, 0.2) is 36.5 Å². The van der Waals surface area contributed by atoms with E-state index in [9.17, 15) is 0 Å². The van der Waals surface area contributed by atoms with Gasteiger partial charge in [0.1, 0.15) is 18.8 Å². The third kappa shape index (κ3) is 4.63. The number of rotatable bonds is 5. The van der Waals surface area contributed by atoms with Gasteiger partial charge in [0.2, 0.25) is 0 Å². The summed E-state index contributed by atoms with van der Waals surface area (Å²) in [4.78, 5) is 4.72. The summed E-state index contributed by atoms with van der Waals surface area (Å²) in [6, 6.07) is 9.33. The Morgan fingerprint density at radius 1 is 1.08 bits per heavy atom. The van der Waals surface area contributed by atoms with Gasteiger partial charge >= 0.3 is 0 Å². The van der Waals surface area contributed by atoms with E-state index in [1.165, 1.54) is 5.69 Å². The van der Waals surface area contributed by atoms with Crippen molar-refractivity contribution in [1.82, 2.24) is 9.38 Å². The second-order valence-electron chi connectivity index (χ2n) is 7.15. The monoisotopic (exact) mass is 505 g/mol. The minimum atomic E-state index is 0. The highest BCUT2D eigenvalue weighted by Crippen LogP contribution is 2.28. The Hall–Kier alpha value is -1.02. The quantitative estimate of drug-likeness (QED) is 0.390. The Balaban J connectivity index is 0.00000243. The predicted octanol–water partition coefficient (Wildman–Crippen LogP) is 1.74. The minimum absolute atomic E-state index is 0. The topological polar surface area (TPSA) is 26.5 Å². The summed E-state index contributed by atoms with van der Waals surface area (Å²) in [5.74, 6) is 0.717. The average Bonchev–Trinajstić information content (AvgIpc) is 2.82. The fourth-order valence-electron chi connectivity index (χ4n) is 2.78.